The summed E-state index contributed by atoms with van der Waals surface area (Å²) < 4.78 is 25.8. The van der Waals surface area contributed by atoms with Crippen LogP contribution in [0, 0.1) is 0 Å². The standard InChI is InChI=1S/C14H18N2O3S2/c17-14(6-3-12-2-1-11-20-12)15-7-9-16(10-8-15)21(18,19)13-4-5-13/h1-3,6,11,13H,4-5,7-10H2. The van der Waals surface area contributed by atoms with Gasteiger partial charge in [0.2, 0.25) is 15.9 Å². The van der Waals surface area contributed by atoms with E-state index in [0.717, 1.165) is 17.7 Å². The number of rotatable bonds is 4. The highest BCUT2D eigenvalue weighted by molar-refractivity contribution is 7.90. The van der Waals surface area contributed by atoms with Gasteiger partial charge in [-0.1, -0.05) is 6.07 Å². The maximum Gasteiger partial charge on any atom is 0.246 e. The molecule has 2 aliphatic rings. The molecule has 0 aromatic carbocycles. The Balaban J connectivity index is 1.54. The summed E-state index contributed by atoms with van der Waals surface area (Å²) in [7, 11) is -3.11. The van der Waals surface area contributed by atoms with E-state index in [1.807, 2.05) is 17.5 Å². The topological polar surface area (TPSA) is 57.7 Å². The minimum absolute atomic E-state index is 0.0492. The van der Waals surface area contributed by atoms with Crippen LogP contribution in [0.2, 0.25) is 0 Å². The smallest absolute Gasteiger partial charge is 0.246 e. The van der Waals surface area contributed by atoms with E-state index in [1.54, 1.807) is 28.4 Å². The van der Waals surface area contributed by atoms with E-state index in [0.29, 0.717) is 26.2 Å². The molecule has 5 nitrogen and oxygen atoms in total. The van der Waals surface area contributed by atoms with Crippen LogP contribution in [0.4, 0.5) is 0 Å². The van der Waals surface area contributed by atoms with Gasteiger partial charge in [0, 0.05) is 37.1 Å². The molecular formula is C14H18N2O3S2. The third-order valence-corrected chi connectivity index (χ3v) is 7.03. The van der Waals surface area contributed by atoms with Crippen molar-refractivity contribution in [1.82, 2.24) is 9.21 Å². The Morgan fingerprint density at radius 2 is 1.95 bits per heavy atom. The summed E-state index contributed by atoms with van der Waals surface area (Å²) in [6.45, 7) is 1.77. The Morgan fingerprint density at radius 1 is 1.24 bits per heavy atom. The molecule has 1 amide bonds. The zero-order valence-electron chi connectivity index (χ0n) is 11.6. The molecule has 0 bridgehead atoms. The molecule has 114 valence electrons. The lowest BCUT2D eigenvalue weighted by molar-refractivity contribution is -0.127. The average molecular weight is 326 g/mol. The number of thiophene rings is 1. The number of hydrogen-bond donors (Lipinski definition) is 0. The van der Waals surface area contributed by atoms with Crippen LogP contribution in [0.15, 0.2) is 23.6 Å². The van der Waals surface area contributed by atoms with E-state index in [2.05, 4.69) is 0 Å². The molecule has 0 unspecified atom stereocenters. The Hall–Kier alpha value is -1.18. The van der Waals surface area contributed by atoms with Crippen LogP contribution in [-0.4, -0.2) is 55.0 Å². The van der Waals surface area contributed by atoms with Crippen LogP contribution in [0.5, 0.6) is 0 Å². The Labute approximate surface area is 128 Å². The predicted molar refractivity (Wildman–Crippen MR) is 83.4 cm³/mol. The van der Waals surface area contributed by atoms with Gasteiger partial charge in [0.05, 0.1) is 5.25 Å². The van der Waals surface area contributed by atoms with Gasteiger partial charge in [-0.05, 0) is 30.4 Å². The van der Waals surface area contributed by atoms with Crippen molar-refractivity contribution in [2.45, 2.75) is 18.1 Å². The normalized spacial score (nSPS) is 21.0. The van der Waals surface area contributed by atoms with Crippen LogP contribution >= 0.6 is 11.3 Å². The maximum absolute atomic E-state index is 12.1. The second-order valence-electron chi connectivity index (χ2n) is 5.32. The Kier molecular flexibility index (Phi) is 4.14. The van der Waals surface area contributed by atoms with Gasteiger partial charge in [-0.15, -0.1) is 11.3 Å². The van der Waals surface area contributed by atoms with Crippen LogP contribution in [0.3, 0.4) is 0 Å². The molecule has 1 aliphatic carbocycles. The highest BCUT2D eigenvalue weighted by atomic mass is 32.2. The van der Waals surface area contributed by atoms with Crippen molar-refractivity contribution in [3.63, 3.8) is 0 Å². The lowest BCUT2D eigenvalue weighted by Gasteiger charge is -2.33. The van der Waals surface area contributed by atoms with E-state index < -0.39 is 10.0 Å². The zero-order valence-corrected chi connectivity index (χ0v) is 13.3. The van der Waals surface area contributed by atoms with E-state index >= 15 is 0 Å². The van der Waals surface area contributed by atoms with Crippen molar-refractivity contribution in [3.8, 4) is 0 Å². The fourth-order valence-corrected chi connectivity index (χ4v) is 4.83. The fraction of sp³-hybridized carbons (Fsp3) is 0.500. The first-order valence-electron chi connectivity index (χ1n) is 7.07. The molecule has 1 aliphatic heterocycles. The lowest BCUT2D eigenvalue weighted by atomic mass is 10.3. The van der Waals surface area contributed by atoms with Crippen molar-refractivity contribution >= 4 is 33.3 Å². The molecule has 1 aromatic rings. The predicted octanol–water partition coefficient (Wildman–Crippen LogP) is 1.40. The highest BCUT2D eigenvalue weighted by Gasteiger charge is 2.41. The molecule has 1 saturated heterocycles. The largest absolute Gasteiger partial charge is 0.337 e. The van der Waals surface area contributed by atoms with E-state index in [9.17, 15) is 13.2 Å². The van der Waals surface area contributed by atoms with Gasteiger partial charge in [-0.2, -0.15) is 4.31 Å². The molecule has 2 fully saturated rings. The molecule has 2 heterocycles. The maximum atomic E-state index is 12.1. The minimum atomic E-state index is -3.11. The number of nitrogens with zero attached hydrogens (tertiary/aromatic N) is 2. The third-order valence-electron chi connectivity index (χ3n) is 3.79. The summed E-state index contributed by atoms with van der Waals surface area (Å²) in [4.78, 5) is 14.8. The molecule has 0 radical (unpaired) electrons. The molecule has 0 atom stereocenters. The number of carbonyl (C=O) groups excluding carboxylic acids is 1. The van der Waals surface area contributed by atoms with Gasteiger partial charge in [0.1, 0.15) is 0 Å². The summed E-state index contributed by atoms with van der Waals surface area (Å²) in [5.41, 5.74) is 0. The molecule has 21 heavy (non-hydrogen) atoms. The fourth-order valence-electron chi connectivity index (χ4n) is 2.38. The third kappa shape index (κ3) is 3.36. The summed E-state index contributed by atoms with van der Waals surface area (Å²) in [6.07, 6.45) is 4.94. The average Bonchev–Trinajstić information content (AvgIpc) is 3.23. The van der Waals surface area contributed by atoms with Crippen molar-refractivity contribution < 1.29 is 13.2 Å². The first-order chi connectivity index (χ1) is 10.1. The SMILES string of the molecule is O=C(C=Cc1cccs1)N1CCN(S(=O)(=O)C2CC2)CC1. The number of amides is 1. The van der Waals surface area contributed by atoms with E-state index in [4.69, 9.17) is 0 Å². The van der Waals surface area contributed by atoms with Crippen LogP contribution < -0.4 is 0 Å². The quantitative estimate of drug-likeness (QED) is 0.786. The summed E-state index contributed by atoms with van der Waals surface area (Å²) in [5.74, 6) is -0.0492. The van der Waals surface area contributed by atoms with Crippen molar-refractivity contribution in [2.75, 3.05) is 26.2 Å². The molecule has 1 aromatic heterocycles. The van der Waals surface area contributed by atoms with Gasteiger partial charge < -0.3 is 4.90 Å². The highest BCUT2D eigenvalue weighted by Crippen LogP contribution is 2.31. The number of sulfonamides is 1. The van der Waals surface area contributed by atoms with Crippen LogP contribution in [-0.2, 0) is 14.8 Å². The molecular weight excluding hydrogens is 308 g/mol. The minimum Gasteiger partial charge on any atom is -0.337 e. The summed E-state index contributed by atoms with van der Waals surface area (Å²) >= 11 is 1.58. The van der Waals surface area contributed by atoms with Crippen LogP contribution in [0.25, 0.3) is 6.08 Å². The van der Waals surface area contributed by atoms with Gasteiger partial charge >= 0.3 is 0 Å². The molecule has 0 N–H and O–H groups in total. The van der Waals surface area contributed by atoms with Crippen molar-refractivity contribution in [3.05, 3.63) is 28.5 Å². The number of piperazine rings is 1. The first-order valence-corrected chi connectivity index (χ1v) is 9.45. The number of hydrogen-bond acceptors (Lipinski definition) is 4. The van der Waals surface area contributed by atoms with Crippen molar-refractivity contribution in [1.29, 1.82) is 0 Å². The van der Waals surface area contributed by atoms with Crippen molar-refractivity contribution in [2.24, 2.45) is 0 Å². The monoisotopic (exact) mass is 326 g/mol. The zero-order chi connectivity index (χ0) is 14.9. The molecule has 7 heteroatoms. The van der Waals surface area contributed by atoms with Gasteiger partial charge in [0.15, 0.2) is 0 Å². The Morgan fingerprint density at radius 3 is 2.52 bits per heavy atom. The van der Waals surface area contributed by atoms with Gasteiger partial charge in [0.25, 0.3) is 0 Å². The van der Waals surface area contributed by atoms with Gasteiger partial charge in [-0.25, -0.2) is 8.42 Å². The number of carbonyl (C=O) groups is 1. The summed E-state index contributed by atoms with van der Waals surface area (Å²) in [5, 5.41) is 1.80. The van der Waals surface area contributed by atoms with Crippen LogP contribution in [0.1, 0.15) is 17.7 Å². The van der Waals surface area contributed by atoms with E-state index in [-0.39, 0.29) is 11.2 Å². The van der Waals surface area contributed by atoms with Gasteiger partial charge in [-0.3, -0.25) is 4.79 Å². The molecule has 3 rings (SSSR count). The van der Waals surface area contributed by atoms with E-state index in [1.165, 1.54) is 4.31 Å². The second-order valence-corrected chi connectivity index (χ2v) is 8.51. The lowest BCUT2D eigenvalue weighted by Crippen LogP contribution is -2.50. The molecule has 0 spiro atoms. The molecule has 1 saturated carbocycles. The summed E-state index contributed by atoms with van der Waals surface area (Å²) in [6, 6.07) is 3.89. The second kappa shape index (κ2) is 5.90. The first kappa shape index (κ1) is 14.7. The Bertz CT molecular complexity index is 625.